The van der Waals surface area contributed by atoms with Crippen molar-refractivity contribution in [2.75, 3.05) is 18.5 Å². The van der Waals surface area contributed by atoms with Crippen molar-refractivity contribution in [1.82, 2.24) is 9.97 Å². The second kappa shape index (κ2) is 11.5. The first-order valence-corrected chi connectivity index (χ1v) is 11.8. The molecule has 13 heteroatoms. The Morgan fingerprint density at radius 2 is 2.11 bits per heavy atom. The molecule has 0 radical (unpaired) electrons. The van der Waals surface area contributed by atoms with Crippen molar-refractivity contribution in [1.29, 1.82) is 0 Å². The van der Waals surface area contributed by atoms with Gasteiger partial charge in [0.2, 0.25) is 5.82 Å². The van der Waals surface area contributed by atoms with E-state index >= 15 is 0 Å². The highest BCUT2D eigenvalue weighted by Gasteiger charge is 2.31. The molecule has 1 aliphatic carbocycles. The summed E-state index contributed by atoms with van der Waals surface area (Å²) >= 11 is 1.33. The average Bonchev–Trinajstić information content (AvgIpc) is 3.38. The highest BCUT2D eigenvalue weighted by atomic mass is 35.5. The van der Waals surface area contributed by atoms with Crippen LogP contribution in [0.4, 0.5) is 5.69 Å². The van der Waals surface area contributed by atoms with Crippen LogP contribution in [-0.2, 0) is 27.3 Å². The van der Waals surface area contributed by atoms with Crippen LogP contribution in [0, 0.1) is 0 Å². The van der Waals surface area contributed by atoms with Crippen molar-refractivity contribution in [3.8, 4) is 5.75 Å². The number of aryl methyl sites for hydroxylation is 1. The Kier molecular flexibility index (Phi) is 8.66. The van der Waals surface area contributed by atoms with E-state index in [9.17, 15) is 19.2 Å². The van der Waals surface area contributed by atoms with Crippen LogP contribution in [0.1, 0.15) is 52.3 Å². The van der Waals surface area contributed by atoms with Gasteiger partial charge >= 0.3 is 11.9 Å². The average molecular weight is 537 g/mol. The highest BCUT2D eigenvalue weighted by Crippen LogP contribution is 2.43. The number of thiophene rings is 1. The molecule has 2 aliphatic rings. The van der Waals surface area contributed by atoms with Gasteiger partial charge in [0.05, 0.1) is 24.1 Å². The summed E-state index contributed by atoms with van der Waals surface area (Å²) in [5.41, 5.74) is 7.52. The van der Waals surface area contributed by atoms with E-state index in [0.717, 1.165) is 28.8 Å². The van der Waals surface area contributed by atoms with Crippen LogP contribution in [0.5, 0.6) is 5.75 Å². The minimum Gasteiger partial charge on any atom is -0.482 e. The van der Waals surface area contributed by atoms with E-state index in [1.807, 2.05) is 18.2 Å². The summed E-state index contributed by atoms with van der Waals surface area (Å²) in [6.07, 6.45) is 1.78. The molecule has 1 atom stereocenters. The molecule has 0 fully saturated rings. The first kappa shape index (κ1) is 27.1. The number of nitrogens with one attached hydrogen (secondary N) is 2. The summed E-state index contributed by atoms with van der Waals surface area (Å²) < 4.78 is 10.2. The number of benzene rings is 1. The maximum Gasteiger partial charge on any atom is 0.372 e. The number of fused-ring (bicyclic) bond motifs is 4. The Labute approximate surface area is 215 Å². The number of rotatable bonds is 5. The number of carbonyl (C=O) groups is 3. The zero-order valence-corrected chi connectivity index (χ0v) is 20.9. The lowest BCUT2D eigenvalue weighted by Crippen LogP contribution is -2.25. The van der Waals surface area contributed by atoms with Crippen LogP contribution in [0.2, 0.25) is 0 Å². The molecule has 5 N–H and O–H groups in total. The summed E-state index contributed by atoms with van der Waals surface area (Å²) in [6.45, 7) is 2.63. The predicted molar refractivity (Wildman–Crippen MR) is 135 cm³/mol. The summed E-state index contributed by atoms with van der Waals surface area (Å²) in [5, 5.41) is 12.1. The number of nitrogens with two attached hydrogens (primary N) is 1. The lowest BCUT2D eigenvalue weighted by Gasteiger charge is -2.18. The Hall–Kier alpha value is -3.48. The fraction of sp³-hybridized carbons (Fsp3) is 0.348. The van der Waals surface area contributed by atoms with Crippen molar-refractivity contribution < 1.29 is 29.0 Å². The number of nitrogens with zero attached hydrogens (tertiary/aromatic N) is 1. The van der Waals surface area contributed by atoms with E-state index in [4.69, 9.17) is 20.3 Å². The molecule has 0 spiro atoms. The normalized spacial score (nSPS) is 15.4. The monoisotopic (exact) mass is 536 g/mol. The number of carboxylic acids is 1. The molecular weight excluding hydrogens is 512 g/mol. The van der Waals surface area contributed by atoms with E-state index in [0.29, 0.717) is 34.8 Å². The number of carbonyl (C=O) groups excluding carboxylic acids is 2. The SMILES string of the molecule is CCOC(=O)CC1CCc2sc3nc(C(=O)O)[nH]c(=O)c3c21.Cl.NCc1ccc2c(c1)NC(=O)CO2. The zero-order valence-electron chi connectivity index (χ0n) is 19.3. The van der Waals surface area contributed by atoms with Gasteiger partial charge in [0.1, 0.15) is 10.6 Å². The third kappa shape index (κ3) is 5.66. The van der Waals surface area contributed by atoms with E-state index < -0.39 is 11.5 Å². The lowest BCUT2D eigenvalue weighted by atomic mass is 9.98. The third-order valence-corrected chi connectivity index (χ3v) is 6.80. The molecule has 1 aromatic carbocycles. The van der Waals surface area contributed by atoms with Gasteiger partial charge < -0.3 is 30.6 Å². The van der Waals surface area contributed by atoms with Crippen LogP contribution in [-0.4, -0.2) is 46.1 Å². The molecule has 3 heterocycles. The van der Waals surface area contributed by atoms with Crippen molar-refractivity contribution in [3.05, 3.63) is 50.4 Å². The number of ether oxygens (including phenoxy) is 2. The molecule has 5 rings (SSSR count). The number of aromatic carboxylic acids is 1. The van der Waals surface area contributed by atoms with Gasteiger partial charge in [0.25, 0.3) is 11.5 Å². The van der Waals surface area contributed by atoms with Gasteiger partial charge in [-0.25, -0.2) is 9.78 Å². The van der Waals surface area contributed by atoms with Gasteiger partial charge in [-0.3, -0.25) is 14.4 Å². The van der Waals surface area contributed by atoms with Crippen LogP contribution in [0.25, 0.3) is 10.2 Å². The number of hydrogen-bond donors (Lipinski definition) is 4. The quantitative estimate of drug-likeness (QED) is 0.357. The summed E-state index contributed by atoms with van der Waals surface area (Å²) in [5.74, 6) is -1.40. The summed E-state index contributed by atoms with van der Waals surface area (Å²) in [6, 6.07) is 5.53. The van der Waals surface area contributed by atoms with E-state index in [2.05, 4.69) is 15.3 Å². The van der Waals surface area contributed by atoms with E-state index in [-0.39, 0.29) is 49.1 Å². The number of amides is 1. The second-order valence-electron chi connectivity index (χ2n) is 7.95. The number of aromatic nitrogens is 2. The van der Waals surface area contributed by atoms with Crippen LogP contribution in [0.15, 0.2) is 23.0 Å². The van der Waals surface area contributed by atoms with Crippen LogP contribution < -0.4 is 21.3 Å². The van der Waals surface area contributed by atoms with Gasteiger partial charge in [-0.05, 0) is 48.9 Å². The molecule has 36 heavy (non-hydrogen) atoms. The minimum absolute atomic E-state index is 0. The molecule has 2 aromatic heterocycles. The molecule has 1 aliphatic heterocycles. The Bertz CT molecular complexity index is 1370. The molecule has 192 valence electrons. The number of H-pyrrole nitrogens is 1. The Morgan fingerprint density at radius 1 is 1.33 bits per heavy atom. The molecule has 0 bridgehead atoms. The maximum absolute atomic E-state index is 12.2. The molecule has 0 saturated heterocycles. The first-order chi connectivity index (χ1) is 16.8. The maximum atomic E-state index is 12.2. The third-order valence-electron chi connectivity index (χ3n) is 5.64. The van der Waals surface area contributed by atoms with Gasteiger partial charge in [0, 0.05) is 11.4 Å². The first-order valence-electron chi connectivity index (χ1n) is 11.0. The molecule has 11 nitrogen and oxygen atoms in total. The topological polar surface area (TPSA) is 174 Å². The van der Waals surface area contributed by atoms with Crippen molar-refractivity contribution >= 4 is 57.5 Å². The second-order valence-corrected chi connectivity index (χ2v) is 9.04. The predicted octanol–water partition coefficient (Wildman–Crippen LogP) is 2.56. The fourth-order valence-corrected chi connectivity index (χ4v) is 5.40. The van der Waals surface area contributed by atoms with Gasteiger partial charge in [-0.2, -0.15) is 0 Å². The molecule has 1 amide bonds. The zero-order chi connectivity index (χ0) is 25.1. The molecular formula is C23H25ClN4O7S. The number of halogens is 1. The van der Waals surface area contributed by atoms with Gasteiger partial charge in [-0.15, -0.1) is 23.7 Å². The largest absolute Gasteiger partial charge is 0.482 e. The lowest BCUT2D eigenvalue weighted by molar-refractivity contribution is -0.143. The molecule has 3 aromatic rings. The number of hydrogen-bond acceptors (Lipinski definition) is 9. The number of anilines is 1. The summed E-state index contributed by atoms with van der Waals surface area (Å²) in [7, 11) is 0. The Morgan fingerprint density at radius 3 is 2.81 bits per heavy atom. The van der Waals surface area contributed by atoms with Gasteiger partial charge in [0.15, 0.2) is 6.61 Å². The number of aromatic amines is 1. The van der Waals surface area contributed by atoms with Crippen molar-refractivity contribution in [3.63, 3.8) is 0 Å². The van der Waals surface area contributed by atoms with Gasteiger partial charge in [-0.1, -0.05) is 6.07 Å². The van der Waals surface area contributed by atoms with Crippen molar-refractivity contribution in [2.45, 2.75) is 38.6 Å². The van der Waals surface area contributed by atoms with Crippen LogP contribution >= 0.6 is 23.7 Å². The standard InChI is InChI=1S/C14H14N2O5S.C9H10N2O2.ClH/c1-2-21-8(17)5-6-3-4-7-9(6)10-12(18)15-11(14(19)20)16-13(10)22-7;10-4-6-1-2-8-7(3-6)11-9(12)5-13-8;/h6H,2-5H2,1H3,(H,19,20)(H,15,16,18);1-3H,4-5,10H2,(H,11,12);1H. The van der Waals surface area contributed by atoms with Crippen LogP contribution in [0.3, 0.4) is 0 Å². The van der Waals surface area contributed by atoms with E-state index in [1.54, 1.807) is 6.92 Å². The fourth-order valence-electron chi connectivity index (χ4n) is 4.13. The Balaban J connectivity index is 0.000000221. The number of carboxylic acid groups (broad SMARTS) is 1. The molecule has 1 unspecified atom stereocenters. The minimum atomic E-state index is -1.27. The number of esters is 1. The van der Waals surface area contributed by atoms with E-state index in [1.165, 1.54) is 11.3 Å². The molecule has 0 saturated carbocycles. The smallest absolute Gasteiger partial charge is 0.372 e. The van der Waals surface area contributed by atoms with Crippen molar-refractivity contribution in [2.24, 2.45) is 5.73 Å². The summed E-state index contributed by atoms with van der Waals surface area (Å²) in [4.78, 5) is 53.5. The highest BCUT2D eigenvalue weighted by molar-refractivity contribution is 7.18.